The van der Waals surface area contributed by atoms with Gasteiger partial charge in [-0.15, -0.1) is 0 Å². The molecule has 0 aliphatic rings. The van der Waals surface area contributed by atoms with Crippen molar-refractivity contribution in [3.63, 3.8) is 0 Å². The minimum Gasteiger partial charge on any atom is -0.298 e. The molecule has 0 bridgehead atoms. The van der Waals surface area contributed by atoms with Crippen LogP contribution in [0.4, 0.5) is 0 Å². The van der Waals surface area contributed by atoms with Gasteiger partial charge in [0.15, 0.2) is 0 Å². The molecule has 150 valence electrons. The number of rotatable bonds is 7. The van der Waals surface area contributed by atoms with Gasteiger partial charge >= 0.3 is 0 Å². The van der Waals surface area contributed by atoms with Crippen LogP contribution in [0.3, 0.4) is 0 Å². The maximum Gasteiger partial charge on any atom is 0.0549 e. The summed E-state index contributed by atoms with van der Waals surface area (Å²) in [7, 11) is 3.98. The fraction of sp³-hybridized carbons (Fsp3) is 0.154. The van der Waals surface area contributed by atoms with Gasteiger partial charge < -0.3 is 0 Å². The zero-order valence-electron chi connectivity index (χ0n) is 17.4. The van der Waals surface area contributed by atoms with Crippen LogP contribution in [0.15, 0.2) is 95.1 Å². The lowest BCUT2D eigenvalue weighted by atomic mass is 10.1. The smallest absolute Gasteiger partial charge is 0.0549 e. The van der Waals surface area contributed by atoms with Crippen LogP contribution in [0, 0.1) is 0 Å². The Morgan fingerprint density at radius 1 is 0.567 bits per heavy atom. The molecule has 0 amide bonds. The Kier molecular flexibility index (Phi) is 6.04. The van der Waals surface area contributed by atoms with Crippen molar-refractivity contribution in [1.82, 2.24) is 10.0 Å². The molecule has 0 fully saturated rings. The number of hydrogen-bond donors (Lipinski definition) is 0. The monoisotopic (exact) mass is 394 g/mol. The van der Waals surface area contributed by atoms with E-state index in [9.17, 15) is 0 Å². The fourth-order valence-electron chi connectivity index (χ4n) is 3.45. The van der Waals surface area contributed by atoms with E-state index in [0.29, 0.717) is 0 Å². The molecule has 4 aromatic carbocycles. The predicted octanol–water partition coefficient (Wildman–Crippen LogP) is 5.22. The van der Waals surface area contributed by atoms with Crippen molar-refractivity contribution >= 4 is 34.0 Å². The Balaban J connectivity index is 1.36. The second kappa shape index (κ2) is 9.23. The van der Waals surface area contributed by atoms with Crippen molar-refractivity contribution in [2.45, 2.75) is 0 Å². The van der Waals surface area contributed by atoms with Crippen molar-refractivity contribution in [3.8, 4) is 0 Å². The Morgan fingerprint density at radius 2 is 0.967 bits per heavy atom. The third-order valence-corrected chi connectivity index (χ3v) is 5.18. The molecule has 0 heterocycles. The van der Waals surface area contributed by atoms with E-state index < -0.39 is 0 Å². The van der Waals surface area contributed by atoms with Crippen LogP contribution in [0.5, 0.6) is 0 Å². The predicted molar refractivity (Wildman–Crippen MR) is 128 cm³/mol. The van der Waals surface area contributed by atoms with Gasteiger partial charge in [-0.2, -0.15) is 10.2 Å². The van der Waals surface area contributed by atoms with Gasteiger partial charge in [0.05, 0.1) is 25.5 Å². The first-order chi connectivity index (χ1) is 14.7. The Labute approximate surface area is 177 Å². The van der Waals surface area contributed by atoms with Gasteiger partial charge in [-0.05, 0) is 21.5 Å². The molecular weight excluding hydrogens is 368 g/mol. The van der Waals surface area contributed by atoms with E-state index in [0.717, 1.165) is 24.2 Å². The summed E-state index contributed by atoms with van der Waals surface area (Å²) in [6.45, 7) is 1.56. The Hall–Kier alpha value is -3.66. The molecule has 0 aromatic heterocycles. The van der Waals surface area contributed by atoms with Gasteiger partial charge in [-0.3, -0.25) is 10.0 Å². The average molecular weight is 395 g/mol. The molecule has 0 atom stereocenters. The Morgan fingerprint density at radius 3 is 1.43 bits per heavy atom. The fourth-order valence-corrected chi connectivity index (χ4v) is 3.45. The van der Waals surface area contributed by atoms with E-state index in [4.69, 9.17) is 0 Å². The van der Waals surface area contributed by atoms with Crippen LogP contribution in [-0.4, -0.2) is 49.6 Å². The standard InChI is InChI=1S/C26H26N4/c1-29(27-19-23-13-7-11-21-9-3-5-15-25(21)23)17-18-30(2)28-20-24-14-8-12-22-10-4-6-16-26(22)24/h3-16,19-20H,17-18H2,1-2H3/b27-19+,28-20+. The van der Waals surface area contributed by atoms with Gasteiger partial charge in [0, 0.05) is 25.2 Å². The highest BCUT2D eigenvalue weighted by molar-refractivity contribution is 6.00. The molecule has 30 heavy (non-hydrogen) atoms. The first-order valence-electron chi connectivity index (χ1n) is 10.2. The summed E-state index contributed by atoms with van der Waals surface area (Å²) in [6, 6.07) is 29.3. The van der Waals surface area contributed by atoms with Crippen LogP contribution in [0.25, 0.3) is 21.5 Å². The summed E-state index contributed by atoms with van der Waals surface area (Å²) in [4.78, 5) is 0. The highest BCUT2D eigenvalue weighted by Crippen LogP contribution is 2.18. The molecule has 4 heteroatoms. The van der Waals surface area contributed by atoms with Crippen molar-refractivity contribution in [3.05, 3.63) is 96.1 Å². The minimum atomic E-state index is 0.782. The number of likely N-dealkylation sites (N-methyl/N-ethyl adjacent to an activating group) is 2. The summed E-state index contributed by atoms with van der Waals surface area (Å²) in [6.07, 6.45) is 3.86. The van der Waals surface area contributed by atoms with E-state index in [1.807, 2.05) is 36.5 Å². The minimum absolute atomic E-state index is 0.782. The second-order valence-corrected chi connectivity index (χ2v) is 7.39. The molecule has 4 aromatic rings. The SMILES string of the molecule is CN(CCN(C)/N=C/c1cccc2ccccc12)/N=C/c1cccc2ccccc12. The number of nitrogens with zero attached hydrogens (tertiary/aromatic N) is 4. The molecule has 0 saturated heterocycles. The highest BCUT2D eigenvalue weighted by Gasteiger charge is 2.01. The first-order valence-corrected chi connectivity index (χ1v) is 10.2. The molecule has 0 unspecified atom stereocenters. The molecule has 0 N–H and O–H groups in total. The van der Waals surface area contributed by atoms with E-state index in [1.54, 1.807) is 0 Å². The molecular formula is C26H26N4. The molecule has 4 nitrogen and oxygen atoms in total. The number of hydrazone groups is 2. The number of benzene rings is 4. The summed E-state index contributed by atoms with van der Waals surface area (Å²) < 4.78 is 0. The summed E-state index contributed by atoms with van der Waals surface area (Å²) in [5, 5.41) is 18.0. The zero-order valence-corrected chi connectivity index (χ0v) is 17.4. The van der Waals surface area contributed by atoms with Crippen LogP contribution >= 0.6 is 0 Å². The molecule has 0 radical (unpaired) electrons. The molecule has 0 aliphatic heterocycles. The lowest BCUT2D eigenvalue weighted by molar-refractivity contribution is 0.272. The van der Waals surface area contributed by atoms with Crippen molar-refractivity contribution in [1.29, 1.82) is 0 Å². The third kappa shape index (κ3) is 4.66. The van der Waals surface area contributed by atoms with Crippen LogP contribution in [0.1, 0.15) is 11.1 Å². The number of hydrogen-bond acceptors (Lipinski definition) is 4. The maximum atomic E-state index is 4.61. The summed E-state index contributed by atoms with van der Waals surface area (Å²) in [5.41, 5.74) is 2.25. The van der Waals surface area contributed by atoms with Crippen LogP contribution < -0.4 is 0 Å². The molecule has 4 rings (SSSR count). The molecule has 0 spiro atoms. The summed E-state index contributed by atoms with van der Waals surface area (Å²) >= 11 is 0. The largest absolute Gasteiger partial charge is 0.298 e. The van der Waals surface area contributed by atoms with E-state index >= 15 is 0 Å². The molecule has 0 saturated carbocycles. The highest BCUT2D eigenvalue weighted by atomic mass is 15.5. The second-order valence-electron chi connectivity index (χ2n) is 7.39. The normalized spacial score (nSPS) is 11.7. The number of fused-ring (bicyclic) bond motifs is 2. The van der Waals surface area contributed by atoms with Gasteiger partial charge in [0.1, 0.15) is 0 Å². The van der Waals surface area contributed by atoms with Gasteiger partial charge in [-0.25, -0.2) is 0 Å². The van der Waals surface area contributed by atoms with E-state index in [1.165, 1.54) is 21.5 Å². The topological polar surface area (TPSA) is 31.2 Å². The third-order valence-electron chi connectivity index (χ3n) is 5.18. The van der Waals surface area contributed by atoms with Gasteiger partial charge in [0.25, 0.3) is 0 Å². The lowest BCUT2D eigenvalue weighted by Crippen LogP contribution is -2.25. The quantitative estimate of drug-likeness (QED) is 0.318. The van der Waals surface area contributed by atoms with Crippen LogP contribution in [0.2, 0.25) is 0 Å². The Bertz CT molecular complexity index is 1090. The van der Waals surface area contributed by atoms with Crippen molar-refractivity contribution in [2.75, 3.05) is 27.2 Å². The van der Waals surface area contributed by atoms with E-state index in [2.05, 4.69) is 95.1 Å². The molecule has 0 aliphatic carbocycles. The van der Waals surface area contributed by atoms with Crippen molar-refractivity contribution < 1.29 is 0 Å². The van der Waals surface area contributed by atoms with E-state index in [-0.39, 0.29) is 0 Å². The van der Waals surface area contributed by atoms with Crippen molar-refractivity contribution in [2.24, 2.45) is 10.2 Å². The first kappa shape index (κ1) is 19.6. The van der Waals surface area contributed by atoms with Gasteiger partial charge in [0.2, 0.25) is 0 Å². The average Bonchev–Trinajstić information content (AvgIpc) is 2.80. The lowest BCUT2D eigenvalue weighted by Gasteiger charge is -2.18. The maximum absolute atomic E-state index is 4.61. The van der Waals surface area contributed by atoms with Crippen LogP contribution in [-0.2, 0) is 0 Å². The summed E-state index contributed by atoms with van der Waals surface area (Å²) in [5.74, 6) is 0. The van der Waals surface area contributed by atoms with Gasteiger partial charge in [-0.1, -0.05) is 84.9 Å². The zero-order chi connectivity index (χ0) is 20.8.